The lowest BCUT2D eigenvalue weighted by Gasteiger charge is -2.40. The van der Waals surface area contributed by atoms with Crippen LogP contribution in [-0.2, 0) is 16.1 Å². The maximum absolute atomic E-state index is 12.9. The van der Waals surface area contributed by atoms with Crippen LogP contribution in [0.1, 0.15) is 42.5 Å². The van der Waals surface area contributed by atoms with Crippen LogP contribution in [0.4, 0.5) is 0 Å². The highest BCUT2D eigenvalue weighted by molar-refractivity contribution is 5.85. The van der Waals surface area contributed by atoms with Gasteiger partial charge >= 0.3 is 0 Å². The molecule has 2 aromatic carbocycles. The standard InChI is InChI=1S/C22H26N2O2/c1-3-24-20(25)14-13-19(21(24)18-11-9-16(2)10-12-18)22(26)23-15-17-7-5-4-6-8-17/h4-12,19,21H,3,13-15H2,1-2H3,(H,23,26)/t19-,21+/m1/s1. The van der Waals surface area contributed by atoms with Gasteiger partial charge in [0, 0.05) is 19.5 Å². The van der Waals surface area contributed by atoms with E-state index in [1.807, 2.05) is 73.3 Å². The lowest BCUT2D eigenvalue weighted by atomic mass is 9.83. The molecule has 1 fully saturated rings. The molecule has 1 heterocycles. The Kier molecular flexibility index (Phi) is 5.71. The number of hydrogen-bond donors (Lipinski definition) is 1. The second-order valence-corrected chi connectivity index (χ2v) is 6.88. The Balaban J connectivity index is 1.81. The van der Waals surface area contributed by atoms with Crippen LogP contribution in [0, 0.1) is 12.8 Å². The van der Waals surface area contributed by atoms with Crippen LogP contribution in [0.3, 0.4) is 0 Å². The van der Waals surface area contributed by atoms with E-state index in [2.05, 4.69) is 5.32 Å². The summed E-state index contributed by atoms with van der Waals surface area (Å²) in [5.41, 5.74) is 3.28. The van der Waals surface area contributed by atoms with E-state index in [4.69, 9.17) is 0 Å². The van der Waals surface area contributed by atoms with Crippen molar-refractivity contribution in [1.82, 2.24) is 10.2 Å². The molecule has 26 heavy (non-hydrogen) atoms. The molecular formula is C22H26N2O2. The third-order valence-electron chi connectivity index (χ3n) is 5.11. The highest BCUT2D eigenvalue weighted by atomic mass is 16.2. The fourth-order valence-corrected chi connectivity index (χ4v) is 3.69. The Bertz CT molecular complexity index is 755. The van der Waals surface area contributed by atoms with Gasteiger partial charge < -0.3 is 10.2 Å². The van der Waals surface area contributed by atoms with Crippen molar-refractivity contribution in [2.24, 2.45) is 5.92 Å². The third kappa shape index (κ3) is 3.96. The topological polar surface area (TPSA) is 49.4 Å². The second kappa shape index (κ2) is 8.17. The monoisotopic (exact) mass is 350 g/mol. The smallest absolute Gasteiger partial charge is 0.225 e. The highest BCUT2D eigenvalue weighted by Gasteiger charge is 2.39. The van der Waals surface area contributed by atoms with E-state index >= 15 is 0 Å². The SMILES string of the molecule is CCN1C(=O)CC[C@@H](C(=O)NCc2ccccc2)[C@@H]1c1ccc(C)cc1. The molecule has 0 spiro atoms. The third-order valence-corrected chi connectivity index (χ3v) is 5.11. The summed E-state index contributed by atoms with van der Waals surface area (Å²) in [6.45, 7) is 5.14. The summed E-state index contributed by atoms with van der Waals surface area (Å²) in [5, 5.41) is 3.06. The number of carbonyl (C=O) groups excluding carboxylic acids is 2. The molecule has 0 saturated carbocycles. The number of likely N-dealkylation sites (tertiary alicyclic amines) is 1. The average molecular weight is 350 g/mol. The predicted molar refractivity (Wildman–Crippen MR) is 102 cm³/mol. The van der Waals surface area contributed by atoms with Gasteiger partial charge in [0.05, 0.1) is 12.0 Å². The first-order chi connectivity index (χ1) is 12.6. The van der Waals surface area contributed by atoms with E-state index in [-0.39, 0.29) is 23.8 Å². The summed E-state index contributed by atoms with van der Waals surface area (Å²) in [6.07, 6.45) is 1.02. The fourth-order valence-electron chi connectivity index (χ4n) is 3.69. The normalized spacial score (nSPS) is 20.1. The van der Waals surface area contributed by atoms with E-state index < -0.39 is 0 Å². The van der Waals surface area contributed by atoms with Crippen molar-refractivity contribution in [1.29, 1.82) is 0 Å². The molecule has 0 unspecified atom stereocenters. The number of nitrogens with one attached hydrogen (secondary N) is 1. The number of nitrogens with zero attached hydrogens (tertiary/aromatic N) is 1. The molecular weight excluding hydrogens is 324 g/mol. The Labute approximate surface area is 155 Å². The van der Waals surface area contributed by atoms with Crippen molar-refractivity contribution in [2.75, 3.05) is 6.54 Å². The number of piperidine rings is 1. The fraction of sp³-hybridized carbons (Fsp3) is 0.364. The Morgan fingerprint density at radius 2 is 1.81 bits per heavy atom. The number of amides is 2. The van der Waals surface area contributed by atoms with Crippen molar-refractivity contribution in [3.63, 3.8) is 0 Å². The first-order valence-electron chi connectivity index (χ1n) is 9.28. The number of rotatable bonds is 5. The predicted octanol–water partition coefficient (Wildman–Crippen LogP) is 3.61. The number of carbonyl (C=O) groups is 2. The molecule has 136 valence electrons. The summed E-state index contributed by atoms with van der Waals surface area (Å²) in [5.74, 6) is -0.0744. The summed E-state index contributed by atoms with van der Waals surface area (Å²) in [6, 6.07) is 17.9. The van der Waals surface area contributed by atoms with Gasteiger partial charge in [-0.2, -0.15) is 0 Å². The molecule has 2 aromatic rings. The van der Waals surface area contributed by atoms with Crippen LogP contribution in [0.25, 0.3) is 0 Å². The van der Waals surface area contributed by atoms with Gasteiger partial charge in [-0.25, -0.2) is 0 Å². The minimum Gasteiger partial charge on any atom is -0.352 e. The molecule has 2 atom stereocenters. The minimum absolute atomic E-state index is 0.0189. The van der Waals surface area contributed by atoms with Crippen molar-refractivity contribution in [3.8, 4) is 0 Å². The van der Waals surface area contributed by atoms with Crippen LogP contribution >= 0.6 is 0 Å². The van der Waals surface area contributed by atoms with Gasteiger partial charge in [-0.1, -0.05) is 60.2 Å². The van der Waals surface area contributed by atoms with Crippen LogP contribution in [0.15, 0.2) is 54.6 Å². The first-order valence-corrected chi connectivity index (χ1v) is 9.28. The molecule has 1 aliphatic rings. The zero-order valence-corrected chi connectivity index (χ0v) is 15.4. The Morgan fingerprint density at radius 1 is 1.12 bits per heavy atom. The maximum atomic E-state index is 12.9. The van der Waals surface area contributed by atoms with Crippen molar-refractivity contribution in [3.05, 3.63) is 71.3 Å². The molecule has 4 nitrogen and oxygen atoms in total. The number of benzene rings is 2. The number of hydrogen-bond acceptors (Lipinski definition) is 2. The lowest BCUT2D eigenvalue weighted by molar-refractivity contribution is -0.143. The molecule has 1 saturated heterocycles. The minimum atomic E-state index is -0.223. The molecule has 3 rings (SSSR count). The molecule has 2 amide bonds. The van der Waals surface area contributed by atoms with Crippen LogP contribution in [-0.4, -0.2) is 23.3 Å². The summed E-state index contributed by atoms with van der Waals surface area (Å²) in [7, 11) is 0. The van der Waals surface area contributed by atoms with Gasteiger partial charge in [0.1, 0.15) is 0 Å². The lowest BCUT2D eigenvalue weighted by Crippen LogP contribution is -2.47. The van der Waals surface area contributed by atoms with Crippen molar-refractivity contribution in [2.45, 2.75) is 39.3 Å². The summed E-state index contributed by atoms with van der Waals surface area (Å²) in [4.78, 5) is 27.2. The van der Waals surface area contributed by atoms with Crippen molar-refractivity contribution < 1.29 is 9.59 Å². The second-order valence-electron chi connectivity index (χ2n) is 6.88. The largest absolute Gasteiger partial charge is 0.352 e. The van der Waals surface area contributed by atoms with E-state index in [1.54, 1.807) is 0 Å². The van der Waals surface area contributed by atoms with Gasteiger partial charge in [-0.05, 0) is 31.4 Å². The van der Waals surface area contributed by atoms with E-state index in [9.17, 15) is 9.59 Å². The highest BCUT2D eigenvalue weighted by Crippen LogP contribution is 2.36. The molecule has 0 aliphatic carbocycles. The van der Waals surface area contributed by atoms with Crippen LogP contribution < -0.4 is 5.32 Å². The average Bonchev–Trinajstić information content (AvgIpc) is 2.67. The molecule has 1 N–H and O–H groups in total. The van der Waals surface area contributed by atoms with Gasteiger partial charge in [-0.15, -0.1) is 0 Å². The number of aryl methyl sites for hydroxylation is 1. The molecule has 0 aromatic heterocycles. The zero-order valence-electron chi connectivity index (χ0n) is 15.4. The molecule has 0 radical (unpaired) electrons. The summed E-state index contributed by atoms with van der Waals surface area (Å²) < 4.78 is 0. The maximum Gasteiger partial charge on any atom is 0.225 e. The molecule has 4 heteroatoms. The molecule has 1 aliphatic heterocycles. The van der Waals surface area contributed by atoms with E-state index in [0.29, 0.717) is 25.9 Å². The van der Waals surface area contributed by atoms with Crippen molar-refractivity contribution >= 4 is 11.8 Å². The Morgan fingerprint density at radius 3 is 2.46 bits per heavy atom. The molecule has 0 bridgehead atoms. The van der Waals surface area contributed by atoms with Gasteiger partial charge in [0.25, 0.3) is 0 Å². The van der Waals surface area contributed by atoms with E-state index in [1.165, 1.54) is 5.56 Å². The van der Waals surface area contributed by atoms with Gasteiger partial charge in [-0.3, -0.25) is 9.59 Å². The van der Waals surface area contributed by atoms with Gasteiger partial charge in [0.15, 0.2) is 0 Å². The van der Waals surface area contributed by atoms with Gasteiger partial charge in [0.2, 0.25) is 11.8 Å². The summed E-state index contributed by atoms with van der Waals surface area (Å²) >= 11 is 0. The zero-order chi connectivity index (χ0) is 18.5. The van der Waals surface area contributed by atoms with E-state index in [0.717, 1.165) is 11.1 Å². The first kappa shape index (κ1) is 18.2. The van der Waals surface area contributed by atoms with Crippen LogP contribution in [0.2, 0.25) is 0 Å². The quantitative estimate of drug-likeness (QED) is 0.895. The Hall–Kier alpha value is -2.62. The van der Waals surface area contributed by atoms with Crippen LogP contribution in [0.5, 0.6) is 0 Å².